The second kappa shape index (κ2) is 9.09. The Morgan fingerprint density at radius 1 is 1.07 bits per heavy atom. The van der Waals surface area contributed by atoms with E-state index in [9.17, 15) is 24.5 Å². The van der Waals surface area contributed by atoms with Gasteiger partial charge in [0.05, 0.1) is 4.92 Å². The van der Waals surface area contributed by atoms with Gasteiger partial charge in [-0.3, -0.25) is 20.2 Å². The van der Waals surface area contributed by atoms with Gasteiger partial charge in [-0.15, -0.1) is 0 Å². The van der Waals surface area contributed by atoms with E-state index in [2.05, 4.69) is 5.32 Å². The molecule has 9 heteroatoms. The molecule has 2 rings (SSSR count). The van der Waals surface area contributed by atoms with E-state index in [-0.39, 0.29) is 12.1 Å². The highest BCUT2D eigenvalue weighted by molar-refractivity contribution is 5.99. The van der Waals surface area contributed by atoms with E-state index in [0.29, 0.717) is 5.56 Å². The van der Waals surface area contributed by atoms with Gasteiger partial charge >= 0.3 is 12.0 Å². The van der Waals surface area contributed by atoms with Crippen LogP contribution in [0.1, 0.15) is 21.5 Å². The van der Waals surface area contributed by atoms with Gasteiger partial charge in [0.25, 0.3) is 11.6 Å². The molecule has 9 nitrogen and oxygen atoms in total. The van der Waals surface area contributed by atoms with Crippen LogP contribution in [0, 0.1) is 17.0 Å². The Labute approximate surface area is 154 Å². The molecular formula is C18H17N3O6. The maximum Gasteiger partial charge on any atom is 0.345 e. The molecule has 0 aliphatic heterocycles. The zero-order chi connectivity index (χ0) is 19.8. The minimum atomic E-state index is -1.01. The van der Waals surface area contributed by atoms with Crippen LogP contribution in [0.3, 0.4) is 0 Å². The van der Waals surface area contributed by atoms with E-state index in [1.807, 2.05) is 23.5 Å². The van der Waals surface area contributed by atoms with Gasteiger partial charge in [-0.25, -0.2) is 9.59 Å². The topological polar surface area (TPSA) is 128 Å². The minimum absolute atomic E-state index is 0.217. The molecule has 0 atom stereocenters. The summed E-state index contributed by atoms with van der Waals surface area (Å²) in [7, 11) is 0. The third kappa shape index (κ3) is 5.63. The van der Waals surface area contributed by atoms with E-state index in [1.165, 1.54) is 25.1 Å². The first-order valence-corrected chi connectivity index (χ1v) is 7.91. The number of nitro groups is 1. The zero-order valence-electron chi connectivity index (χ0n) is 14.4. The number of ether oxygens (including phenoxy) is 1. The van der Waals surface area contributed by atoms with Gasteiger partial charge in [0.2, 0.25) is 0 Å². The molecular weight excluding hydrogens is 354 g/mol. The lowest BCUT2D eigenvalue weighted by atomic mass is 10.1. The molecule has 2 aromatic carbocycles. The van der Waals surface area contributed by atoms with Crippen molar-refractivity contribution in [3.8, 4) is 0 Å². The number of carbonyl (C=O) groups excluding carboxylic acids is 3. The molecule has 2 N–H and O–H groups in total. The van der Waals surface area contributed by atoms with Crippen molar-refractivity contribution in [2.45, 2.75) is 13.5 Å². The SMILES string of the molecule is Cc1cccc([N+](=O)[O-])c1C(=O)OCC(=O)NC(=O)NCc1ccccc1. The van der Waals surface area contributed by atoms with Gasteiger partial charge < -0.3 is 10.1 Å². The molecule has 3 amide bonds. The molecule has 0 fully saturated rings. The van der Waals surface area contributed by atoms with Gasteiger partial charge in [-0.2, -0.15) is 0 Å². The van der Waals surface area contributed by atoms with Crippen LogP contribution in [0.5, 0.6) is 0 Å². The maximum absolute atomic E-state index is 12.1. The number of amides is 3. The van der Waals surface area contributed by atoms with Crippen molar-refractivity contribution in [1.82, 2.24) is 10.6 Å². The van der Waals surface area contributed by atoms with Gasteiger partial charge in [0.15, 0.2) is 6.61 Å². The molecule has 0 bridgehead atoms. The number of aryl methyl sites for hydroxylation is 1. The quantitative estimate of drug-likeness (QED) is 0.455. The number of rotatable bonds is 6. The molecule has 0 unspecified atom stereocenters. The number of hydrogen-bond donors (Lipinski definition) is 2. The first-order valence-electron chi connectivity index (χ1n) is 7.91. The normalized spacial score (nSPS) is 9.96. The predicted molar refractivity (Wildman–Crippen MR) is 94.9 cm³/mol. The minimum Gasteiger partial charge on any atom is -0.452 e. The molecule has 0 aromatic heterocycles. The first kappa shape index (κ1) is 19.6. The fourth-order valence-corrected chi connectivity index (χ4v) is 2.26. The molecule has 0 aliphatic carbocycles. The number of urea groups is 1. The first-order chi connectivity index (χ1) is 12.9. The number of esters is 1. The van der Waals surface area contributed by atoms with Crippen molar-refractivity contribution in [3.05, 3.63) is 75.3 Å². The van der Waals surface area contributed by atoms with Crippen LogP contribution in [-0.2, 0) is 16.1 Å². The zero-order valence-corrected chi connectivity index (χ0v) is 14.4. The Hall–Kier alpha value is -3.75. The van der Waals surface area contributed by atoms with Crippen LogP contribution < -0.4 is 10.6 Å². The number of benzene rings is 2. The standard InChI is InChI=1S/C18H17N3O6/c1-12-6-5-9-14(21(25)26)16(12)17(23)27-11-15(22)20-18(24)19-10-13-7-3-2-4-8-13/h2-9H,10-11H2,1H3,(H2,19,20,22,24). The lowest BCUT2D eigenvalue weighted by molar-refractivity contribution is -0.385. The summed E-state index contributed by atoms with van der Waals surface area (Å²) >= 11 is 0. The van der Waals surface area contributed by atoms with E-state index >= 15 is 0 Å². The summed E-state index contributed by atoms with van der Waals surface area (Å²) in [6.07, 6.45) is 0. The molecule has 0 radical (unpaired) electrons. The monoisotopic (exact) mass is 371 g/mol. The van der Waals surface area contributed by atoms with Gasteiger partial charge in [0.1, 0.15) is 5.56 Å². The van der Waals surface area contributed by atoms with Crippen LogP contribution in [0.4, 0.5) is 10.5 Å². The molecule has 2 aromatic rings. The summed E-state index contributed by atoms with van der Waals surface area (Å²) in [6.45, 7) is 0.985. The number of nitrogens with zero attached hydrogens (tertiary/aromatic N) is 1. The number of imide groups is 1. The van der Waals surface area contributed by atoms with E-state index < -0.39 is 35.1 Å². The number of nitrogens with one attached hydrogen (secondary N) is 2. The van der Waals surface area contributed by atoms with Crippen molar-refractivity contribution in [2.24, 2.45) is 0 Å². The maximum atomic E-state index is 12.1. The van der Waals surface area contributed by atoms with Gasteiger partial charge in [-0.05, 0) is 18.1 Å². The summed E-state index contributed by atoms with van der Waals surface area (Å²) in [6, 6.07) is 12.4. The third-order valence-electron chi connectivity index (χ3n) is 3.53. The highest BCUT2D eigenvalue weighted by Gasteiger charge is 2.24. The van der Waals surface area contributed by atoms with Crippen LogP contribution in [0.15, 0.2) is 48.5 Å². The van der Waals surface area contributed by atoms with Crippen LogP contribution in [-0.4, -0.2) is 29.4 Å². The summed E-state index contributed by atoms with van der Waals surface area (Å²) in [5.74, 6) is -1.87. The average Bonchev–Trinajstić information content (AvgIpc) is 2.65. The van der Waals surface area contributed by atoms with Crippen LogP contribution in [0.25, 0.3) is 0 Å². The number of carbonyl (C=O) groups is 3. The van der Waals surface area contributed by atoms with E-state index in [0.717, 1.165) is 5.56 Å². The van der Waals surface area contributed by atoms with E-state index in [1.54, 1.807) is 12.1 Å². The summed E-state index contributed by atoms with van der Waals surface area (Å²) < 4.78 is 4.79. The summed E-state index contributed by atoms with van der Waals surface area (Å²) in [4.78, 5) is 45.8. The second-order valence-electron chi connectivity index (χ2n) is 5.52. The van der Waals surface area contributed by atoms with Crippen molar-refractivity contribution >= 4 is 23.6 Å². The fraction of sp³-hybridized carbons (Fsp3) is 0.167. The van der Waals surface area contributed by atoms with Crippen molar-refractivity contribution < 1.29 is 24.0 Å². The summed E-state index contributed by atoms with van der Waals surface area (Å²) in [5.41, 5.74) is 0.540. The summed E-state index contributed by atoms with van der Waals surface area (Å²) in [5, 5.41) is 15.5. The van der Waals surface area contributed by atoms with Gasteiger partial charge in [-0.1, -0.05) is 42.5 Å². The number of nitro benzene ring substituents is 1. The van der Waals surface area contributed by atoms with Crippen LogP contribution in [0.2, 0.25) is 0 Å². The molecule has 0 heterocycles. The van der Waals surface area contributed by atoms with E-state index in [4.69, 9.17) is 4.74 Å². The van der Waals surface area contributed by atoms with Crippen molar-refractivity contribution in [1.29, 1.82) is 0 Å². The molecule has 27 heavy (non-hydrogen) atoms. The Morgan fingerprint density at radius 2 is 1.78 bits per heavy atom. The molecule has 0 saturated carbocycles. The highest BCUT2D eigenvalue weighted by Crippen LogP contribution is 2.22. The molecule has 0 saturated heterocycles. The molecule has 140 valence electrons. The average molecular weight is 371 g/mol. The Kier molecular flexibility index (Phi) is 6.59. The highest BCUT2D eigenvalue weighted by atomic mass is 16.6. The Morgan fingerprint density at radius 3 is 2.44 bits per heavy atom. The Balaban J connectivity index is 1.86. The number of hydrogen-bond acceptors (Lipinski definition) is 6. The molecule has 0 aliphatic rings. The fourth-order valence-electron chi connectivity index (χ4n) is 2.26. The lowest BCUT2D eigenvalue weighted by Crippen LogP contribution is -2.41. The Bertz CT molecular complexity index is 867. The van der Waals surface area contributed by atoms with Gasteiger partial charge in [0, 0.05) is 12.6 Å². The third-order valence-corrected chi connectivity index (χ3v) is 3.53. The predicted octanol–water partition coefficient (Wildman–Crippen LogP) is 2.09. The largest absolute Gasteiger partial charge is 0.452 e. The smallest absolute Gasteiger partial charge is 0.345 e. The van der Waals surface area contributed by atoms with Crippen LogP contribution >= 0.6 is 0 Å². The second-order valence-corrected chi connectivity index (χ2v) is 5.52. The van der Waals surface area contributed by atoms with Crippen molar-refractivity contribution in [2.75, 3.05) is 6.61 Å². The van der Waals surface area contributed by atoms with Crippen molar-refractivity contribution in [3.63, 3.8) is 0 Å². The lowest BCUT2D eigenvalue weighted by Gasteiger charge is -2.09. The molecule has 0 spiro atoms.